The van der Waals surface area contributed by atoms with E-state index in [2.05, 4.69) is 5.32 Å². The van der Waals surface area contributed by atoms with E-state index in [0.29, 0.717) is 33.8 Å². The predicted molar refractivity (Wildman–Crippen MR) is 98.5 cm³/mol. The van der Waals surface area contributed by atoms with Crippen LogP contribution < -0.4 is 5.32 Å². The van der Waals surface area contributed by atoms with Gasteiger partial charge in [0.25, 0.3) is 11.7 Å². The molecule has 0 aliphatic carbocycles. The monoisotopic (exact) mass is 384 g/mol. The predicted octanol–water partition coefficient (Wildman–Crippen LogP) is 4.69. The van der Waals surface area contributed by atoms with Crippen LogP contribution in [-0.2, 0) is 0 Å². The largest absolute Gasteiger partial charge is 0.350 e. The second-order valence-corrected chi connectivity index (χ2v) is 7.08. The van der Waals surface area contributed by atoms with E-state index in [9.17, 15) is 13.6 Å². The first-order valence-corrected chi connectivity index (χ1v) is 8.88. The highest BCUT2D eigenvalue weighted by Crippen LogP contribution is 2.26. The molecule has 0 aromatic heterocycles. The second-order valence-electron chi connectivity index (χ2n) is 5.61. The lowest BCUT2D eigenvalue weighted by atomic mass is 10.1. The van der Waals surface area contributed by atoms with E-state index < -0.39 is 5.76 Å². The molecule has 1 amide bonds. The average Bonchev–Trinajstić information content (AvgIpc) is 2.56. The van der Waals surface area contributed by atoms with Crippen LogP contribution in [-0.4, -0.2) is 37.2 Å². The van der Waals surface area contributed by atoms with Crippen LogP contribution in [0.3, 0.4) is 0 Å². The third-order valence-electron chi connectivity index (χ3n) is 3.69. The summed E-state index contributed by atoms with van der Waals surface area (Å²) < 4.78 is 24.7. The van der Waals surface area contributed by atoms with E-state index in [1.807, 2.05) is 43.3 Å². The molecule has 1 N–H and O–H groups in total. The second kappa shape index (κ2) is 9.17. The molecular weight excluding hydrogens is 366 g/mol. The maximum atomic E-state index is 12.3. The first kappa shape index (κ1) is 19.7. The van der Waals surface area contributed by atoms with Crippen molar-refractivity contribution in [3.8, 4) is 0 Å². The van der Waals surface area contributed by atoms with Gasteiger partial charge < -0.3 is 10.2 Å². The van der Waals surface area contributed by atoms with Gasteiger partial charge >= 0.3 is 0 Å². The molecular formula is C18H19ClF2N2OS. The Labute approximate surface area is 155 Å². The van der Waals surface area contributed by atoms with Crippen molar-refractivity contribution in [2.75, 3.05) is 20.6 Å². The number of hydrogen-bond acceptors (Lipinski definition) is 3. The number of halogens is 3. The van der Waals surface area contributed by atoms with Gasteiger partial charge in [0.05, 0.1) is 6.04 Å². The summed E-state index contributed by atoms with van der Waals surface area (Å²) in [7, 11) is 3.83. The van der Waals surface area contributed by atoms with Gasteiger partial charge in [-0.15, -0.1) is 0 Å². The summed E-state index contributed by atoms with van der Waals surface area (Å²) in [6.45, 7) is 0.378. The highest BCUT2D eigenvalue weighted by molar-refractivity contribution is 7.99. The molecule has 2 aromatic carbocycles. The normalized spacial score (nSPS) is 12.4. The molecule has 2 rings (SSSR count). The van der Waals surface area contributed by atoms with Crippen molar-refractivity contribution in [1.29, 1.82) is 0 Å². The molecule has 25 heavy (non-hydrogen) atoms. The number of amides is 1. The van der Waals surface area contributed by atoms with Crippen LogP contribution in [0.15, 0.2) is 53.4 Å². The maximum Gasteiger partial charge on any atom is 0.288 e. The highest BCUT2D eigenvalue weighted by Gasteiger charge is 2.18. The Morgan fingerprint density at radius 1 is 1.16 bits per heavy atom. The van der Waals surface area contributed by atoms with Crippen molar-refractivity contribution in [3.63, 3.8) is 0 Å². The van der Waals surface area contributed by atoms with Crippen LogP contribution in [0, 0.1) is 0 Å². The van der Waals surface area contributed by atoms with Crippen LogP contribution >= 0.6 is 23.4 Å². The molecule has 0 saturated carbocycles. The molecule has 0 saturated heterocycles. The van der Waals surface area contributed by atoms with Gasteiger partial charge in [-0.3, -0.25) is 4.79 Å². The Bertz CT molecular complexity index is 710. The summed E-state index contributed by atoms with van der Waals surface area (Å²) in [6, 6.07) is 13.5. The number of rotatable bonds is 7. The lowest BCUT2D eigenvalue weighted by molar-refractivity contribution is 0.0942. The van der Waals surface area contributed by atoms with Crippen LogP contribution in [0.4, 0.5) is 8.78 Å². The molecule has 0 heterocycles. The SMILES string of the molecule is CN(C)C(CNC(=O)c1ccc(SC(F)F)cc1)c1ccccc1Cl. The number of nitrogens with zero attached hydrogens (tertiary/aromatic N) is 1. The zero-order valence-electron chi connectivity index (χ0n) is 13.9. The van der Waals surface area contributed by atoms with Gasteiger partial charge in [-0.05, 0) is 50.0 Å². The van der Waals surface area contributed by atoms with Crippen LogP contribution in [0.5, 0.6) is 0 Å². The van der Waals surface area contributed by atoms with Gasteiger partial charge in [-0.2, -0.15) is 8.78 Å². The van der Waals surface area contributed by atoms with E-state index >= 15 is 0 Å². The smallest absolute Gasteiger partial charge is 0.288 e. The minimum Gasteiger partial charge on any atom is -0.350 e. The third-order valence-corrected chi connectivity index (χ3v) is 4.75. The van der Waals surface area contributed by atoms with Gasteiger partial charge in [0.15, 0.2) is 0 Å². The molecule has 1 unspecified atom stereocenters. The number of hydrogen-bond donors (Lipinski definition) is 1. The molecule has 0 spiro atoms. The zero-order chi connectivity index (χ0) is 18.4. The van der Waals surface area contributed by atoms with E-state index in [-0.39, 0.29) is 11.9 Å². The minimum atomic E-state index is -2.48. The Balaban J connectivity index is 2.03. The number of carbonyl (C=O) groups excluding carboxylic acids is 1. The molecule has 0 aliphatic heterocycles. The van der Waals surface area contributed by atoms with Crippen molar-refractivity contribution < 1.29 is 13.6 Å². The van der Waals surface area contributed by atoms with E-state index in [1.54, 1.807) is 12.1 Å². The van der Waals surface area contributed by atoms with Gasteiger partial charge in [-0.25, -0.2) is 0 Å². The lowest BCUT2D eigenvalue weighted by Crippen LogP contribution is -2.34. The molecule has 1 atom stereocenters. The fraction of sp³-hybridized carbons (Fsp3) is 0.278. The summed E-state index contributed by atoms with van der Waals surface area (Å²) in [5.74, 6) is -2.73. The summed E-state index contributed by atoms with van der Waals surface area (Å²) in [5.41, 5.74) is 1.36. The standard InChI is InChI=1S/C18H19ClF2N2OS/c1-23(2)16(14-5-3-4-6-15(14)19)11-22-17(24)12-7-9-13(10-8-12)25-18(20)21/h3-10,16,18H,11H2,1-2H3,(H,22,24). The number of carbonyl (C=O) groups is 1. The zero-order valence-corrected chi connectivity index (χ0v) is 15.5. The molecule has 3 nitrogen and oxygen atoms in total. The number of alkyl halides is 2. The molecule has 134 valence electrons. The highest BCUT2D eigenvalue weighted by atomic mass is 35.5. The van der Waals surface area contributed by atoms with Crippen molar-refractivity contribution in [2.24, 2.45) is 0 Å². The van der Waals surface area contributed by atoms with Crippen molar-refractivity contribution >= 4 is 29.3 Å². The van der Waals surface area contributed by atoms with E-state index in [0.717, 1.165) is 5.56 Å². The fourth-order valence-electron chi connectivity index (χ4n) is 2.40. The summed E-state index contributed by atoms with van der Waals surface area (Å²) >= 11 is 6.70. The number of thioether (sulfide) groups is 1. The van der Waals surface area contributed by atoms with E-state index in [4.69, 9.17) is 11.6 Å². The quantitative estimate of drug-likeness (QED) is 0.703. The number of benzene rings is 2. The first-order valence-electron chi connectivity index (χ1n) is 7.62. The number of likely N-dealkylation sites (N-methyl/N-ethyl adjacent to an activating group) is 1. The summed E-state index contributed by atoms with van der Waals surface area (Å²) in [6.07, 6.45) is 0. The van der Waals surface area contributed by atoms with Gasteiger partial charge in [-0.1, -0.05) is 41.6 Å². The fourth-order valence-corrected chi connectivity index (χ4v) is 3.16. The van der Waals surface area contributed by atoms with Crippen molar-refractivity contribution in [2.45, 2.75) is 16.7 Å². The van der Waals surface area contributed by atoms with Crippen LogP contribution in [0.25, 0.3) is 0 Å². The molecule has 0 aliphatic rings. The Morgan fingerprint density at radius 3 is 2.36 bits per heavy atom. The molecule has 0 fully saturated rings. The van der Waals surface area contributed by atoms with Crippen LogP contribution in [0.2, 0.25) is 5.02 Å². The lowest BCUT2D eigenvalue weighted by Gasteiger charge is -2.26. The number of nitrogens with one attached hydrogen (secondary N) is 1. The van der Waals surface area contributed by atoms with Gasteiger partial charge in [0.2, 0.25) is 0 Å². The minimum absolute atomic E-state index is 0.0775. The Morgan fingerprint density at radius 2 is 1.80 bits per heavy atom. The first-order chi connectivity index (χ1) is 11.9. The van der Waals surface area contributed by atoms with Crippen LogP contribution in [0.1, 0.15) is 22.0 Å². The maximum absolute atomic E-state index is 12.3. The Kier molecular flexibility index (Phi) is 7.23. The molecule has 7 heteroatoms. The van der Waals surface area contributed by atoms with Crippen molar-refractivity contribution in [3.05, 3.63) is 64.7 Å². The topological polar surface area (TPSA) is 32.3 Å². The average molecular weight is 385 g/mol. The molecule has 0 bridgehead atoms. The summed E-state index contributed by atoms with van der Waals surface area (Å²) in [5, 5.41) is 3.51. The third kappa shape index (κ3) is 5.70. The Hall–Kier alpha value is -1.63. The van der Waals surface area contributed by atoms with Crippen molar-refractivity contribution in [1.82, 2.24) is 10.2 Å². The van der Waals surface area contributed by atoms with Gasteiger partial charge in [0.1, 0.15) is 0 Å². The molecule has 0 radical (unpaired) electrons. The van der Waals surface area contributed by atoms with E-state index in [1.165, 1.54) is 12.1 Å². The summed E-state index contributed by atoms with van der Waals surface area (Å²) in [4.78, 5) is 14.7. The molecule has 2 aromatic rings. The van der Waals surface area contributed by atoms with Gasteiger partial charge in [0, 0.05) is 22.0 Å².